The Bertz CT molecular complexity index is 1020. The van der Waals surface area contributed by atoms with Crippen molar-refractivity contribution in [3.05, 3.63) is 69.6 Å². The normalized spacial score (nSPS) is 10.6. The van der Waals surface area contributed by atoms with E-state index in [9.17, 15) is 14.9 Å². The topological polar surface area (TPSA) is 120 Å². The number of ether oxygens (including phenoxy) is 1. The van der Waals surface area contributed by atoms with Crippen LogP contribution in [0, 0.1) is 17.0 Å². The second kappa shape index (κ2) is 9.20. The van der Waals surface area contributed by atoms with Crippen LogP contribution in [0.25, 0.3) is 0 Å². The van der Waals surface area contributed by atoms with Gasteiger partial charge in [-0.25, -0.2) is 0 Å². The number of thioether (sulfide) groups is 1. The fraction of sp³-hybridized carbons (Fsp3) is 0.211. The zero-order valence-electron chi connectivity index (χ0n) is 15.7. The fourth-order valence-electron chi connectivity index (χ4n) is 2.56. The van der Waals surface area contributed by atoms with E-state index in [1.165, 1.54) is 6.07 Å². The standard InChI is InChI=1S/C19H18N4O5S/c1-12-4-3-5-15(23(25)26)18(12)20-16(24)11-29-19-22-21-17(28-19)10-13-6-8-14(27-2)9-7-13/h3-9H,10-11H2,1-2H3,(H,20,24). The monoisotopic (exact) mass is 414 g/mol. The van der Waals surface area contributed by atoms with Crippen molar-refractivity contribution < 1.29 is 18.9 Å². The molecule has 2 aromatic carbocycles. The van der Waals surface area contributed by atoms with Crippen LogP contribution in [0.4, 0.5) is 11.4 Å². The number of nitrogens with one attached hydrogen (secondary N) is 1. The molecule has 1 N–H and O–H groups in total. The molecule has 10 heteroatoms. The van der Waals surface area contributed by atoms with Gasteiger partial charge in [0.15, 0.2) is 0 Å². The zero-order valence-corrected chi connectivity index (χ0v) is 16.6. The van der Waals surface area contributed by atoms with E-state index >= 15 is 0 Å². The molecule has 0 aliphatic carbocycles. The Morgan fingerprint density at radius 1 is 1.24 bits per heavy atom. The second-order valence-corrected chi connectivity index (χ2v) is 6.98. The summed E-state index contributed by atoms with van der Waals surface area (Å²) in [4.78, 5) is 22.8. The average Bonchev–Trinajstić information content (AvgIpc) is 3.15. The van der Waals surface area contributed by atoms with Crippen molar-refractivity contribution >= 4 is 29.0 Å². The van der Waals surface area contributed by atoms with E-state index in [0.29, 0.717) is 17.9 Å². The van der Waals surface area contributed by atoms with Gasteiger partial charge in [-0.05, 0) is 30.2 Å². The summed E-state index contributed by atoms with van der Waals surface area (Å²) in [5.74, 6) is 0.765. The Kier molecular flexibility index (Phi) is 6.45. The quantitative estimate of drug-likeness (QED) is 0.337. The highest BCUT2D eigenvalue weighted by molar-refractivity contribution is 7.99. The van der Waals surface area contributed by atoms with Gasteiger partial charge in [-0.2, -0.15) is 0 Å². The Morgan fingerprint density at radius 2 is 2.00 bits per heavy atom. The summed E-state index contributed by atoms with van der Waals surface area (Å²) in [7, 11) is 1.60. The highest BCUT2D eigenvalue weighted by atomic mass is 32.2. The van der Waals surface area contributed by atoms with E-state index in [1.54, 1.807) is 26.2 Å². The first-order valence-electron chi connectivity index (χ1n) is 8.58. The summed E-state index contributed by atoms with van der Waals surface area (Å²) in [6, 6.07) is 12.1. The van der Waals surface area contributed by atoms with Crippen LogP contribution < -0.4 is 10.1 Å². The van der Waals surface area contributed by atoms with Crippen molar-refractivity contribution in [2.75, 3.05) is 18.2 Å². The molecule has 0 spiro atoms. The predicted octanol–water partition coefficient (Wildman–Crippen LogP) is 3.62. The number of aromatic nitrogens is 2. The summed E-state index contributed by atoms with van der Waals surface area (Å²) in [6.45, 7) is 1.69. The maximum absolute atomic E-state index is 12.2. The molecule has 0 radical (unpaired) electrons. The zero-order chi connectivity index (χ0) is 20.8. The molecule has 9 nitrogen and oxygen atoms in total. The number of benzene rings is 2. The molecule has 1 aromatic heterocycles. The summed E-state index contributed by atoms with van der Waals surface area (Å²) < 4.78 is 10.7. The summed E-state index contributed by atoms with van der Waals surface area (Å²) >= 11 is 1.06. The first-order chi connectivity index (χ1) is 14.0. The van der Waals surface area contributed by atoms with E-state index in [4.69, 9.17) is 9.15 Å². The Labute approximate surface area is 170 Å². The lowest BCUT2D eigenvalue weighted by molar-refractivity contribution is -0.384. The maximum atomic E-state index is 12.2. The number of anilines is 1. The van der Waals surface area contributed by atoms with Crippen LogP contribution in [-0.2, 0) is 11.2 Å². The molecule has 0 saturated carbocycles. The molecule has 3 aromatic rings. The number of para-hydroxylation sites is 1. The van der Waals surface area contributed by atoms with Crippen LogP contribution in [-0.4, -0.2) is 33.9 Å². The first kappa shape index (κ1) is 20.3. The lowest BCUT2D eigenvalue weighted by atomic mass is 10.1. The van der Waals surface area contributed by atoms with Crippen LogP contribution in [0.2, 0.25) is 0 Å². The molecule has 0 fully saturated rings. The molecule has 1 heterocycles. The van der Waals surface area contributed by atoms with Crippen molar-refractivity contribution in [3.63, 3.8) is 0 Å². The summed E-state index contributed by atoms with van der Waals surface area (Å²) in [6.07, 6.45) is 0.457. The summed E-state index contributed by atoms with van der Waals surface area (Å²) in [5.41, 5.74) is 1.63. The van der Waals surface area contributed by atoms with Gasteiger partial charge in [0.05, 0.1) is 24.2 Å². The molecule has 150 valence electrons. The van der Waals surface area contributed by atoms with Crippen molar-refractivity contribution in [3.8, 4) is 5.75 Å². The third kappa shape index (κ3) is 5.32. The van der Waals surface area contributed by atoms with Crippen LogP contribution in [0.3, 0.4) is 0 Å². The molecule has 0 atom stereocenters. The molecule has 0 bridgehead atoms. The summed E-state index contributed by atoms with van der Waals surface area (Å²) in [5, 5.41) is 21.9. The first-order valence-corrected chi connectivity index (χ1v) is 9.57. The molecule has 1 amide bonds. The van der Waals surface area contributed by atoms with Crippen LogP contribution in [0.15, 0.2) is 52.1 Å². The highest BCUT2D eigenvalue weighted by Gasteiger charge is 2.18. The molecule has 29 heavy (non-hydrogen) atoms. The van der Waals surface area contributed by atoms with Gasteiger partial charge < -0.3 is 14.5 Å². The van der Waals surface area contributed by atoms with Crippen LogP contribution in [0.5, 0.6) is 5.75 Å². The number of nitro benzene ring substituents is 1. The molecule has 3 rings (SSSR count). The van der Waals surface area contributed by atoms with Gasteiger partial charge in [-0.1, -0.05) is 36.0 Å². The molecule has 0 aliphatic rings. The van der Waals surface area contributed by atoms with Crippen molar-refractivity contribution in [1.82, 2.24) is 10.2 Å². The van der Waals surface area contributed by atoms with E-state index in [0.717, 1.165) is 23.1 Å². The van der Waals surface area contributed by atoms with E-state index in [1.807, 2.05) is 24.3 Å². The Hall–Kier alpha value is -3.40. The van der Waals surface area contributed by atoms with Gasteiger partial charge >= 0.3 is 0 Å². The number of hydrogen-bond donors (Lipinski definition) is 1. The molecule has 0 unspecified atom stereocenters. The maximum Gasteiger partial charge on any atom is 0.293 e. The molecule has 0 saturated heterocycles. The molecular formula is C19H18N4O5S. The molecular weight excluding hydrogens is 396 g/mol. The van der Waals surface area contributed by atoms with Gasteiger partial charge in [0.25, 0.3) is 10.9 Å². The van der Waals surface area contributed by atoms with E-state index in [2.05, 4.69) is 15.5 Å². The van der Waals surface area contributed by atoms with Gasteiger partial charge in [0.2, 0.25) is 11.8 Å². The lowest BCUT2D eigenvalue weighted by Crippen LogP contribution is -2.16. The van der Waals surface area contributed by atoms with Gasteiger partial charge in [0, 0.05) is 6.07 Å². The highest BCUT2D eigenvalue weighted by Crippen LogP contribution is 2.28. The second-order valence-electron chi connectivity index (χ2n) is 6.05. The third-order valence-electron chi connectivity index (χ3n) is 4.00. The minimum atomic E-state index is -0.529. The van der Waals surface area contributed by atoms with Gasteiger partial charge in [-0.3, -0.25) is 14.9 Å². The fourth-order valence-corrected chi connectivity index (χ4v) is 3.14. The van der Waals surface area contributed by atoms with Gasteiger partial charge in [-0.15, -0.1) is 10.2 Å². The Balaban J connectivity index is 1.57. The van der Waals surface area contributed by atoms with E-state index in [-0.39, 0.29) is 22.4 Å². The number of methoxy groups -OCH3 is 1. The molecule has 0 aliphatic heterocycles. The number of nitrogens with zero attached hydrogens (tertiary/aromatic N) is 3. The van der Waals surface area contributed by atoms with Crippen molar-refractivity contribution in [2.45, 2.75) is 18.6 Å². The number of nitro groups is 1. The largest absolute Gasteiger partial charge is 0.497 e. The van der Waals surface area contributed by atoms with Crippen LogP contribution >= 0.6 is 11.8 Å². The average molecular weight is 414 g/mol. The number of aryl methyl sites for hydroxylation is 1. The van der Waals surface area contributed by atoms with Crippen molar-refractivity contribution in [1.29, 1.82) is 0 Å². The van der Waals surface area contributed by atoms with E-state index < -0.39 is 10.8 Å². The minimum Gasteiger partial charge on any atom is -0.497 e. The third-order valence-corrected chi connectivity index (χ3v) is 4.82. The number of rotatable bonds is 8. The number of carbonyl (C=O) groups excluding carboxylic acids is 1. The van der Waals surface area contributed by atoms with Crippen LogP contribution in [0.1, 0.15) is 17.0 Å². The predicted molar refractivity (Wildman–Crippen MR) is 107 cm³/mol. The smallest absolute Gasteiger partial charge is 0.293 e. The lowest BCUT2D eigenvalue weighted by Gasteiger charge is -2.08. The number of carbonyl (C=O) groups is 1. The Morgan fingerprint density at radius 3 is 2.69 bits per heavy atom. The van der Waals surface area contributed by atoms with Gasteiger partial charge in [0.1, 0.15) is 11.4 Å². The number of hydrogen-bond acceptors (Lipinski definition) is 8. The minimum absolute atomic E-state index is 0.0182. The number of amides is 1. The van der Waals surface area contributed by atoms with Crippen molar-refractivity contribution in [2.24, 2.45) is 0 Å². The SMILES string of the molecule is COc1ccc(Cc2nnc(SCC(=O)Nc3c(C)cccc3[N+](=O)[O-])o2)cc1.